The van der Waals surface area contributed by atoms with Crippen LogP contribution in [0.2, 0.25) is 0 Å². The second-order valence-corrected chi connectivity index (χ2v) is 3.04. The molecule has 1 amide bonds. The van der Waals surface area contributed by atoms with Gasteiger partial charge in [0.05, 0.1) is 7.11 Å². The Kier molecular flexibility index (Phi) is 2.59. The summed E-state index contributed by atoms with van der Waals surface area (Å²) in [5, 5.41) is 8.67. The summed E-state index contributed by atoms with van der Waals surface area (Å²) in [7, 11) is 1.44. The summed E-state index contributed by atoms with van der Waals surface area (Å²) in [5.41, 5.74) is 0. The molecule has 2 aromatic rings. The lowest BCUT2D eigenvalue weighted by Crippen LogP contribution is -2.12. The molecule has 2 N–H and O–H groups in total. The highest BCUT2D eigenvalue weighted by Crippen LogP contribution is 2.10. The number of hydrogen-bond acceptors (Lipinski definition) is 5. The molecule has 7 heteroatoms. The van der Waals surface area contributed by atoms with Crippen LogP contribution in [0.5, 0.6) is 6.01 Å². The van der Waals surface area contributed by atoms with E-state index in [1.807, 2.05) is 0 Å². The van der Waals surface area contributed by atoms with Crippen molar-refractivity contribution in [1.29, 1.82) is 0 Å². The summed E-state index contributed by atoms with van der Waals surface area (Å²) in [4.78, 5) is 15.4. The minimum Gasteiger partial charge on any atom is -0.466 e. The van der Waals surface area contributed by atoms with Crippen molar-refractivity contribution < 1.29 is 13.9 Å². The fourth-order valence-corrected chi connectivity index (χ4v) is 1.12. The number of carbonyl (C=O) groups is 1. The van der Waals surface area contributed by atoms with Crippen LogP contribution in [0.3, 0.4) is 0 Å². The van der Waals surface area contributed by atoms with Gasteiger partial charge in [-0.3, -0.25) is 10.1 Å². The molecule has 0 aliphatic heterocycles. The van der Waals surface area contributed by atoms with Gasteiger partial charge < -0.3 is 9.15 Å². The first-order chi connectivity index (χ1) is 7.69. The normalized spacial score (nSPS) is 10.1. The second-order valence-electron chi connectivity index (χ2n) is 3.04. The number of methoxy groups -OCH3 is 1. The standard InChI is InChI=1S/C9H10N4O3/c1-5-3-4-6(16-5)7(14)10-8-11-9(15-2)13-12-8/h3-4H,1-2H3,(H2,10,11,12,13,14). The third kappa shape index (κ3) is 2.02. The highest BCUT2D eigenvalue weighted by atomic mass is 16.5. The van der Waals surface area contributed by atoms with Crippen LogP contribution in [0.15, 0.2) is 16.5 Å². The summed E-state index contributed by atoms with van der Waals surface area (Å²) in [6, 6.07) is 3.44. The number of aromatic nitrogens is 3. The number of aryl methyl sites for hydroxylation is 1. The Balaban J connectivity index is 2.07. The number of amides is 1. The molecule has 2 aromatic heterocycles. The van der Waals surface area contributed by atoms with Gasteiger partial charge in [0.15, 0.2) is 5.76 Å². The Labute approximate surface area is 90.8 Å². The minimum absolute atomic E-state index is 0.158. The molecule has 0 saturated heterocycles. The molecule has 16 heavy (non-hydrogen) atoms. The van der Waals surface area contributed by atoms with E-state index in [1.165, 1.54) is 7.11 Å². The first kappa shape index (κ1) is 10.2. The number of hydrogen-bond donors (Lipinski definition) is 2. The lowest BCUT2D eigenvalue weighted by molar-refractivity contribution is 0.0994. The molecule has 0 aromatic carbocycles. The molecule has 0 bridgehead atoms. The maximum atomic E-state index is 11.6. The summed E-state index contributed by atoms with van der Waals surface area (Å²) in [5.74, 6) is 0.691. The smallest absolute Gasteiger partial charge is 0.336 e. The molecule has 0 aliphatic carbocycles. The summed E-state index contributed by atoms with van der Waals surface area (Å²) < 4.78 is 9.90. The van der Waals surface area contributed by atoms with Crippen molar-refractivity contribution in [2.24, 2.45) is 0 Å². The summed E-state index contributed by atoms with van der Waals surface area (Å²) in [6.07, 6.45) is 0. The molecule has 0 fully saturated rings. The second kappa shape index (κ2) is 4.05. The zero-order valence-electron chi connectivity index (χ0n) is 8.77. The average molecular weight is 222 g/mol. The van der Waals surface area contributed by atoms with Crippen LogP contribution in [0.25, 0.3) is 0 Å². The van der Waals surface area contributed by atoms with Gasteiger partial charge >= 0.3 is 6.01 Å². The molecular formula is C9H10N4O3. The van der Waals surface area contributed by atoms with Crippen LogP contribution < -0.4 is 10.1 Å². The molecule has 84 valence electrons. The Morgan fingerprint density at radius 3 is 2.94 bits per heavy atom. The first-order valence-corrected chi connectivity index (χ1v) is 4.53. The van der Waals surface area contributed by atoms with Gasteiger partial charge in [-0.05, 0) is 19.1 Å². The number of carbonyl (C=O) groups excluding carboxylic acids is 1. The fraction of sp³-hybridized carbons (Fsp3) is 0.222. The van der Waals surface area contributed by atoms with Crippen LogP contribution >= 0.6 is 0 Å². The van der Waals surface area contributed by atoms with Crippen molar-refractivity contribution in [2.75, 3.05) is 12.4 Å². The van der Waals surface area contributed by atoms with Crippen molar-refractivity contribution in [2.45, 2.75) is 6.92 Å². The van der Waals surface area contributed by atoms with Crippen molar-refractivity contribution >= 4 is 11.9 Å². The van der Waals surface area contributed by atoms with Gasteiger partial charge in [0.25, 0.3) is 5.91 Å². The molecule has 0 atom stereocenters. The van der Waals surface area contributed by atoms with E-state index < -0.39 is 5.91 Å². The molecule has 0 saturated carbocycles. The molecule has 2 heterocycles. The maximum absolute atomic E-state index is 11.6. The highest BCUT2D eigenvalue weighted by Gasteiger charge is 2.12. The molecule has 7 nitrogen and oxygen atoms in total. The van der Waals surface area contributed by atoms with Crippen LogP contribution in [0.1, 0.15) is 16.3 Å². The number of nitrogens with one attached hydrogen (secondary N) is 2. The minimum atomic E-state index is -0.396. The van der Waals surface area contributed by atoms with E-state index in [-0.39, 0.29) is 17.7 Å². The third-order valence-electron chi connectivity index (χ3n) is 1.84. The largest absolute Gasteiger partial charge is 0.466 e. The number of rotatable bonds is 3. The lowest BCUT2D eigenvalue weighted by atomic mass is 10.4. The van der Waals surface area contributed by atoms with E-state index in [9.17, 15) is 4.79 Å². The fourth-order valence-electron chi connectivity index (χ4n) is 1.12. The highest BCUT2D eigenvalue weighted by molar-refractivity contribution is 6.01. The quantitative estimate of drug-likeness (QED) is 0.806. The van der Waals surface area contributed by atoms with E-state index in [0.29, 0.717) is 5.76 Å². The van der Waals surface area contributed by atoms with Gasteiger partial charge in [-0.25, -0.2) is 5.10 Å². The van der Waals surface area contributed by atoms with E-state index in [1.54, 1.807) is 19.1 Å². The number of H-pyrrole nitrogens is 1. The van der Waals surface area contributed by atoms with E-state index in [2.05, 4.69) is 20.5 Å². The van der Waals surface area contributed by atoms with Crippen LogP contribution in [0, 0.1) is 6.92 Å². The molecule has 0 unspecified atom stereocenters. The van der Waals surface area contributed by atoms with Crippen LogP contribution in [-0.2, 0) is 0 Å². The third-order valence-corrected chi connectivity index (χ3v) is 1.84. The van der Waals surface area contributed by atoms with Gasteiger partial charge in [-0.1, -0.05) is 0 Å². The summed E-state index contributed by atoms with van der Waals surface area (Å²) >= 11 is 0. The number of anilines is 1. The summed E-state index contributed by atoms with van der Waals surface area (Å²) in [6.45, 7) is 1.76. The van der Waals surface area contributed by atoms with Gasteiger partial charge in [0.1, 0.15) is 5.76 Å². The average Bonchev–Trinajstić information content (AvgIpc) is 2.87. The van der Waals surface area contributed by atoms with Gasteiger partial charge in [0, 0.05) is 0 Å². The number of aromatic amines is 1. The Morgan fingerprint density at radius 2 is 2.38 bits per heavy atom. The Hall–Kier alpha value is -2.31. The van der Waals surface area contributed by atoms with Crippen LogP contribution in [-0.4, -0.2) is 28.2 Å². The maximum Gasteiger partial charge on any atom is 0.336 e. The molecule has 0 aliphatic rings. The molecular weight excluding hydrogens is 212 g/mol. The van der Waals surface area contributed by atoms with E-state index in [0.717, 1.165) is 0 Å². The number of ether oxygens (including phenoxy) is 1. The van der Waals surface area contributed by atoms with Gasteiger partial charge in [-0.15, -0.1) is 5.10 Å². The Bertz CT molecular complexity index is 502. The number of furan rings is 1. The lowest BCUT2D eigenvalue weighted by Gasteiger charge is -1.96. The first-order valence-electron chi connectivity index (χ1n) is 4.53. The van der Waals surface area contributed by atoms with E-state index >= 15 is 0 Å². The zero-order valence-corrected chi connectivity index (χ0v) is 8.77. The van der Waals surface area contributed by atoms with Crippen molar-refractivity contribution in [3.63, 3.8) is 0 Å². The molecule has 0 radical (unpaired) electrons. The van der Waals surface area contributed by atoms with E-state index in [4.69, 9.17) is 9.15 Å². The van der Waals surface area contributed by atoms with Gasteiger partial charge in [0.2, 0.25) is 5.95 Å². The predicted molar refractivity (Wildman–Crippen MR) is 54.3 cm³/mol. The molecule has 0 spiro atoms. The Morgan fingerprint density at radius 1 is 1.56 bits per heavy atom. The van der Waals surface area contributed by atoms with Gasteiger partial charge in [-0.2, -0.15) is 4.98 Å². The number of nitrogens with zero attached hydrogens (tertiary/aromatic N) is 2. The molecule has 2 rings (SSSR count). The van der Waals surface area contributed by atoms with Crippen molar-refractivity contribution in [3.8, 4) is 6.01 Å². The monoisotopic (exact) mass is 222 g/mol. The SMILES string of the molecule is COc1n[nH]c(NC(=O)c2ccc(C)o2)n1. The predicted octanol–water partition coefficient (Wildman–Crippen LogP) is 0.967. The van der Waals surface area contributed by atoms with Crippen LogP contribution in [0.4, 0.5) is 5.95 Å². The van der Waals surface area contributed by atoms with Crippen molar-refractivity contribution in [3.05, 3.63) is 23.7 Å². The van der Waals surface area contributed by atoms with Crippen molar-refractivity contribution in [1.82, 2.24) is 15.2 Å². The topological polar surface area (TPSA) is 93.0 Å². The zero-order chi connectivity index (χ0) is 11.5.